The summed E-state index contributed by atoms with van der Waals surface area (Å²) < 4.78 is 0. The minimum atomic E-state index is -0.395. The Labute approximate surface area is 109 Å². The molecule has 6 nitrogen and oxygen atoms in total. The molecule has 2 N–H and O–H groups in total. The summed E-state index contributed by atoms with van der Waals surface area (Å²) in [6.07, 6.45) is 4.52. The molecule has 0 saturated heterocycles. The van der Waals surface area contributed by atoms with Crippen molar-refractivity contribution in [1.29, 1.82) is 0 Å². The van der Waals surface area contributed by atoms with Gasteiger partial charge in [0.25, 0.3) is 5.91 Å². The van der Waals surface area contributed by atoms with E-state index >= 15 is 0 Å². The van der Waals surface area contributed by atoms with Gasteiger partial charge in [-0.25, -0.2) is 15.0 Å². The number of aliphatic hydroxyl groups is 1. The van der Waals surface area contributed by atoms with Crippen molar-refractivity contribution >= 4 is 11.9 Å². The molecule has 0 bridgehead atoms. The summed E-state index contributed by atoms with van der Waals surface area (Å²) in [5, 5.41) is 11.1. The van der Waals surface area contributed by atoms with Gasteiger partial charge in [-0.2, -0.15) is 0 Å². The van der Waals surface area contributed by atoms with Gasteiger partial charge in [0, 0.05) is 24.2 Å². The van der Waals surface area contributed by atoms with Gasteiger partial charge in [0.2, 0.25) is 5.95 Å². The molecule has 2 rings (SSSR count). The maximum absolute atomic E-state index is 11.8. The molecule has 19 heavy (non-hydrogen) atoms. The summed E-state index contributed by atoms with van der Waals surface area (Å²) in [7, 11) is 0. The van der Waals surface area contributed by atoms with Crippen LogP contribution in [-0.2, 0) is 0 Å². The van der Waals surface area contributed by atoms with E-state index in [1.54, 1.807) is 18.2 Å². The molecule has 0 unspecified atom stereocenters. The zero-order valence-electron chi connectivity index (χ0n) is 9.87. The normalized spacial score (nSPS) is 9.32. The average Bonchev–Trinajstić information content (AvgIpc) is 2.46. The van der Waals surface area contributed by atoms with Crippen LogP contribution in [0.2, 0.25) is 0 Å². The van der Waals surface area contributed by atoms with Gasteiger partial charge in [-0.05, 0) is 18.2 Å². The molecule has 2 aromatic rings. The maximum Gasteiger partial charge on any atom is 0.276 e. The molecule has 0 radical (unpaired) electrons. The molecule has 2 aromatic heterocycles. The Morgan fingerprint density at radius 1 is 1.26 bits per heavy atom. The molecule has 0 aliphatic heterocycles. The van der Waals surface area contributed by atoms with E-state index in [1.807, 2.05) is 0 Å². The van der Waals surface area contributed by atoms with Crippen LogP contribution in [0.1, 0.15) is 16.1 Å². The highest BCUT2D eigenvalue weighted by molar-refractivity contribution is 6.01. The van der Waals surface area contributed by atoms with Crippen LogP contribution in [0.15, 0.2) is 36.8 Å². The van der Waals surface area contributed by atoms with E-state index in [2.05, 4.69) is 32.1 Å². The third-order valence-electron chi connectivity index (χ3n) is 2.10. The number of amides is 1. The molecule has 0 fully saturated rings. The number of aromatic nitrogens is 3. The fourth-order valence-electron chi connectivity index (χ4n) is 1.27. The number of rotatable bonds is 2. The zero-order chi connectivity index (χ0) is 13.5. The average molecular weight is 254 g/mol. The molecule has 0 aliphatic rings. The Bertz CT molecular complexity index is 615. The van der Waals surface area contributed by atoms with Gasteiger partial charge in [-0.15, -0.1) is 0 Å². The smallest absolute Gasteiger partial charge is 0.276 e. The van der Waals surface area contributed by atoms with Crippen molar-refractivity contribution in [2.45, 2.75) is 0 Å². The molecule has 0 atom stereocenters. The van der Waals surface area contributed by atoms with Gasteiger partial charge in [-0.3, -0.25) is 10.1 Å². The van der Waals surface area contributed by atoms with Crippen molar-refractivity contribution in [2.24, 2.45) is 0 Å². The topological polar surface area (TPSA) is 88.0 Å². The third kappa shape index (κ3) is 3.59. The Morgan fingerprint density at radius 3 is 2.68 bits per heavy atom. The number of nitrogens with one attached hydrogen (secondary N) is 1. The minimum Gasteiger partial charge on any atom is -0.384 e. The molecule has 0 aliphatic carbocycles. The second-order valence-electron chi connectivity index (χ2n) is 3.42. The first-order chi connectivity index (χ1) is 9.29. The van der Waals surface area contributed by atoms with Gasteiger partial charge in [0.05, 0.1) is 0 Å². The van der Waals surface area contributed by atoms with Crippen molar-refractivity contribution in [2.75, 3.05) is 11.9 Å². The van der Waals surface area contributed by atoms with Crippen molar-refractivity contribution in [3.05, 3.63) is 48.0 Å². The molecule has 0 spiro atoms. The van der Waals surface area contributed by atoms with E-state index in [9.17, 15) is 4.79 Å². The van der Waals surface area contributed by atoms with Crippen molar-refractivity contribution in [3.63, 3.8) is 0 Å². The van der Waals surface area contributed by atoms with E-state index in [4.69, 9.17) is 5.11 Å². The van der Waals surface area contributed by atoms with Crippen LogP contribution in [0, 0.1) is 11.8 Å². The summed E-state index contributed by atoms with van der Waals surface area (Å²) in [4.78, 5) is 23.5. The van der Waals surface area contributed by atoms with Gasteiger partial charge < -0.3 is 5.11 Å². The third-order valence-corrected chi connectivity index (χ3v) is 2.10. The lowest BCUT2D eigenvalue weighted by Gasteiger charge is -2.02. The van der Waals surface area contributed by atoms with Crippen LogP contribution >= 0.6 is 0 Å². The zero-order valence-corrected chi connectivity index (χ0v) is 9.87. The first-order valence-corrected chi connectivity index (χ1v) is 5.44. The number of pyridine rings is 1. The largest absolute Gasteiger partial charge is 0.384 e. The lowest BCUT2D eigenvalue weighted by molar-refractivity contribution is 0.102. The number of carbonyl (C=O) groups excluding carboxylic acids is 1. The Kier molecular flexibility index (Phi) is 4.16. The van der Waals surface area contributed by atoms with Gasteiger partial charge in [-0.1, -0.05) is 11.8 Å². The van der Waals surface area contributed by atoms with Crippen LogP contribution in [0.25, 0.3) is 0 Å². The molecular formula is C13H10N4O2. The minimum absolute atomic E-state index is 0.215. The van der Waals surface area contributed by atoms with E-state index in [0.717, 1.165) is 0 Å². The maximum atomic E-state index is 11.8. The summed E-state index contributed by atoms with van der Waals surface area (Å²) in [5.41, 5.74) is 0.864. The van der Waals surface area contributed by atoms with Gasteiger partial charge >= 0.3 is 0 Å². The molecular weight excluding hydrogens is 244 g/mol. The Morgan fingerprint density at radius 2 is 2.05 bits per heavy atom. The van der Waals surface area contributed by atoms with Crippen LogP contribution in [0.3, 0.4) is 0 Å². The Hall–Kier alpha value is -2.78. The highest BCUT2D eigenvalue weighted by Gasteiger charge is 2.08. The first-order valence-electron chi connectivity index (χ1n) is 5.44. The number of anilines is 1. The number of hydrogen-bond acceptors (Lipinski definition) is 5. The standard InChI is InChI=1S/C13H10N4O2/c18-8-1-3-10-4-5-11(16-9-10)12(19)17-13-14-6-2-7-15-13/h2,4-7,9,18H,8H2,(H,14,15,17,19). The number of carbonyl (C=O) groups is 1. The van der Waals surface area contributed by atoms with Crippen LogP contribution in [0.5, 0.6) is 0 Å². The van der Waals surface area contributed by atoms with Crippen LogP contribution in [-0.4, -0.2) is 32.6 Å². The fourth-order valence-corrected chi connectivity index (χ4v) is 1.27. The van der Waals surface area contributed by atoms with Crippen molar-refractivity contribution in [3.8, 4) is 11.8 Å². The second kappa shape index (κ2) is 6.23. The molecule has 0 saturated carbocycles. The van der Waals surface area contributed by atoms with Crippen LogP contribution < -0.4 is 5.32 Å². The van der Waals surface area contributed by atoms with Crippen molar-refractivity contribution in [1.82, 2.24) is 15.0 Å². The van der Waals surface area contributed by atoms with E-state index in [1.165, 1.54) is 18.6 Å². The quantitative estimate of drug-likeness (QED) is 0.760. The highest BCUT2D eigenvalue weighted by Crippen LogP contribution is 2.02. The van der Waals surface area contributed by atoms with Crippen molar-refractivity contribution < 1.29 is 9.90 Å². The second-order valence-corrected chi connectivity index (χ2v) is 3.42. The lowest BCUT2D eigenvalue weighted by atomic mass is 10.2. The lowest BCUT2D eigenvalue weighted by Crippen LogP contribution is -2.15. The molecule has 94 valence electrons. The molecule has 0 aromatic carbocycles. The molecule has 6 heteroatoms. The fraction of sp³-hybridized carbons (Fsp3) is 0.0769. The summed E-state index contributed by atoms with van der Waals surface area (Å²) >= 11 is 0. The summed E-state index contributed by atoms with van der Waals surface area (Å²) in [5.74, 6) is 5.01. The first kappa shape index (κ1) is 12.7. The van der Waals surface area contributed by atoms with E-state index < -0.39 is 5.91 Å². The Balaban J connectivity index is 2.08. The predicted molar refractivity (Wildman–Crippen MR) is 68.2 cm³/mol. The SMILES string of the molecule is O=C(Nc1ncccn1)c1ccc(C#CCO)cn1. The van der Waals surface area contributed by atoms with Gasteiger partial charge in [0.15, 0.2) is 0 Å². The monoisotopic (exact) mass is 254 g/mol. The van der Waals surface area contributed by atoms with Crippen LogP contribution in [0.4, 0.5) is 5.95 Å². The number of hydrogen-bond donors (Lipinski definition) is 2. The van der Waals surface area contributed by atoms with E-state index in [0.29, 0.717) is 5.56 Å². The summed E-state index contributed by atoms with van der Waals surface area (Å²) in [6, 6.07) is 4.85. The molecule has 1 amide bonds. The molecule has 2 heterocycles. The number of nitrogens with zero attached hydrogens (tertiary/aromatic N) is 3. The summed E-state index contributed by atoms with van der Waals surface area (Å²) in [6.45, 7) is -0.215. The number of aliphatic hydroxyl groups excluding tert-OH is 1. The highest BCUT2D eigenvalue weighted by atomic mass is 16.2. The predicted octanol–water partition coefficient (Wildman–Crippen LogP) is 0.468. The van der Waals surface area contributed by atoms with E-state index in [-0.39, 0.29) is 18.2 Å². The van der Waals surface area contributed by atoms with Gasteiger partial charge in [0.1, 0.15) is 12.3 Å².